The molecule has 23 heavy (non-hydrogen) atoms. The normalized spacial score (nSPS) is 9.83. The Morgan fingerprint density at radius 2 is 1.65 bits per heavy atom. The van der Waals surface area contributed by atoms with Crippen molar-refractivity contribution in [2.45, 2.75) is 0 Å². The molecule has 2 aromatic carbocycles. The van der Waals surface area contributed by atoms with E-state index in [1.807, 2.05) is 0 Å². The number of nitrogens with one attached hydrogen (secondary N) is 1. The van der Waals surface area contributed by atoms with Crippen LogP contribution in [0.25, 0.3) is 0 Å². The van der Waals surface area contributed by atoms with Gasteiger partial charge in [0.2, 0.25) is 0 Å². The van der Waals surface area contributed by atoms with E-state index in [0.717, 1.165) is 0 Å². The summed E-state index contributed by atoms with van der Waals surface area (Å²) in [5.41, 5.74) is 1.12. The molecular formula is C18H19NO4. The fourth-order valence-electron chi connectivity index (χ4n) is 1.94. The van der Waals surface area contributed by atoms with Crippen molar-refractivity contribution in [1.82, 2.24) is 0 Å². The number of carbonyl (C=O) groups excluding carboxylic acids is 1. The van der Waals surface area contributed by atoms with E-state index in [4.69, 9.17) is 14.2 Å². The van der Waals surface area contributed by atoms with Gasteiger partial charge in [0.1, 0.15) is 23.9 Å². The van der Waals surface area contributed by atoms with E-state index in [1.165, 1.54) is 0 Å². The quantitative estimate of drug-likeness (QED) is 0.795. The van der Waals surface area contributed by atoms with Crippen molar-refractivity contribution in [1.29, 1.82) is 0 Å². The Morgan fingerprint density at radius 1 is 1.04 bits per heavy atom. The minimum atomic E-state index is -0.226. The molecule has 0 radical (unpaired) electrons. The first-order valence-corrected chi connectivity index (χ1v) is 7.04. The fourth-order valence-corrected chi connectivity index (χ4v) is 1.94. The molecular weight excluding hydrogens is 294 g/mol. The van der Waals surface area contributed by atoms with Gasteiger partial charge < -0.3 is 19.5 Å². The number of hydrogen-bond acceptors (Lipinski definition) is 4. The van der Waals surface area contributed by atoms with Crippen molar-refractivity contribution >= 4 is 11.6 Å². The van der Waals surface area contributed by atoms with Gasteiger partial charge in [0.05, 0.1) is 14.2 Å². The lowest BCUT2D eigenvalue weighted by atomic mass is 10.2. The largest absolute Gasteiger partial charge is 0.497 e. The Kier molecular flexibility index (Phi) is 5.63. The van der Waals surface area contributed by atoms with Crippen molar-refractivity contribution in [2.75, 3.05) is 26.1 Å². The van der Waals surface area contributed by atoms with Crippen LogP contribution in [-0.4, -0.2) is 26.7 Å². The van der Waals surface area contributed by atoms with Gasteiger partial charge >= 0.3 is 0 Å². The summed E-state index contributed by atoms with van der Waals surface area (Å²) in [6.45, 7) is 4.01. The fraction of sp³-hybridized carbons (Fsp3) is 0.167. The van der Waals surface area contributed by atoms with E-state index < -0.39 is 0 Å². The number of hydrogen-bond donors (Lipinski definition) is 1. The third-order valence-electron chi connectivity index (χ3n) is 3.09. The van der Waals surface area contributed by atoms with Crippen molar-refractivity contribution in [2.24, 2.45) is 0 Å². The van der Waals surface area contributed by atoms with E-state index in [1.54, 1.807) is 62.8 Å². The maximum Gasteiger partial charge on any atom is 0.255 e. The number of carbonyl (C=O) groups is 1. The zero-order chi connectivity index (χ0) is 16.7. The second-order valence-corrected chi connectivity index (χ2v) is 4.68. The zero-order valence-corrected chi connectivity index (χ0v) is 13.2. The molecule has 1 amide bonds. The van der Waals surface area contributed by atoms with Crippen LogP contribution < -0.4 is 19.5 Å². The van der Waals surface area contributed by atoms with Gasteiger partial charge in [-0.3, -0.25) is 4.79 Å². The lowest BCUT2D eigenvalue weighted by Crippen LogP contribution is -2.12. The number of ether oxygens (including phenoxy) is 3. The average molecular weight is 313 g/mol. The minimum Gasteiger partial charge on any atom is -0.497 e. The van der Waals surface area contributed by atoms with Gasteiger partial charge in [-0.1, -0.05) is 12.7 Å². The van der Waals surface area contributed by atoms with Crippen molar-refractivity contribution in [3.05, 3.63) is 60.7 Å². The SMILES string of the molecule is C=CCOc1ccc(C(=O)Nc2cc(OC)cc(OC)c2)cc1. The lowest BCUT2D eigenvalue weighted by molar-refractivity contribution is 0.102. The topological polar surface area (TPSA) is 56.8 Å². The first kappa shape index (κ1) is 16.4. The van der Waals surface area contributed by atoms with E-state index in [2.05, 4.69) is 11.9 Å². The molecule has 0 bridgehead atoms. The maximum atomic E-state index is 12.3. The first-order valence-electron chi connectivity index (χ1n) is 7.04. The van der Waals surface area contributed by atoms with Crippen LogP contribution in [0.5, 0.6) is 17.2 Å². The van der Waals surface area contributed by atoms with Crippen LogP contribution >= 0.6 is 0 Å². The highest BCUT2D eigenvalue weighted by molar-refractivity contribution is 6.04. The molecule has 5 nitrogen and oxygen atoms in total. The second-order valence-electron chi connectivity index (χ2n) is 4.68. The van der Waals surface area contributed by atoms with Crippen LogP contribution in [-0.2, 0) is 0 Å². The van der Waals surface area contributed by atoms with Crippen LogP contribution in [0.2, 0.25) is 0 Å². The summed E-state index contributed by atoms with van der Waals surface area (Å²) in [4.78, 5) is 12.3. The van der Waals surface area contributed by atoms with Gasteiger partial charge in [-0.15, -0.1) is 0 Å². The summed E-state index contributed by atoms with van der Waals surface area (Å²) in [7, 11) is 3.12. The van der Waals surface area contributed by atoms with Crippen molar-refractivity contribution < 1.29 is 19.0 Å². The van der Waals surface area contributed by atoms with Crippen molar-refractivity contribution in [3.63, 3.8) is 0 Å². The van der Waals surface area contributed by atoms with Gasteiger partial charge in [0, 0.05) is 29.4 Å². The van der Waals surface area contributed by atoms with E-state index in [-0.39, 0.29) is 5.91 Å². The van der Waals surface area contributed by atoms with Crippen LogP contribution in [0.4, 0.5) is 5.69 Å². The number of amides is 1. The number of rotatable bonds is 7. The van der Waals surface area contributed by atoms with Gasteiger partial charge in [-0.05, 0) is 24.3 Å². The molecule has 0 saturated carbocycles. The van der Waals surface area contributed by atoms with E-state index in [9.17, 15) is 4.79 Å². The Hall–Kier alpha value is -2.95. The molecule has 0 aliphatic heterocycles. The van der Waals surface area contributed by atoms with E-state index >= 15 is 0 Å². The predicted octanol–water partition coefficient (Wildman–Crippen LogP) is 3.52. The molecule has 2 rings (SSSR count). The third kappa shape index (κ3) is 4.51. The average Bonchev–Trinajstić information content (AvgIpc) is 2.59. The monoisotopic (exact) mass is 313 g/mol. The molecule has 0 atom stereocenters. The summed E-state index contributed by atoms with van der Waals surface area (Å²) in [6, 6.07) is 12.1. The molecule has 0 saturated heterocycles. The molecule has 0 spiro atoms. The first-order chi connectivity index (χ1) is 11.2. The summed E-state index contributed by atoms with van der Waals surface area (Å²) in [5, 5.41) is 2.81. The predicted molar refractivity (Wildman–Crippen MR) is 89.6 cm³/mol. The highest BCUT2D eigenvalue weighted by Gasteiger charge is 2.08. The lowest BCUT2D eigenvalue weighted by Gasteiger charge is -2.10. The molecule has 0 aliphatic carbocycles. The summed E-state index contributed by atoms with van der Waals surface area (Å²) in [6.07, 6.45) is 1.66. The minimum absolute atomic E-state index is 0.226. The molecule has 0 unspecified atom stereocenters. The number of benzene rings is 2. The molecule has 1 N–H and O–H groups in total. The number of anilines is 1. The van der Waals surface area contributed by atoms with Gasteiger partial charge in [-0.2, -0.15) is 0 Å². The Bertz CT molecular complexity index is 658. The van der Waals surface area contributed by atoms with Crippen LogP contribution in [0.3, 0.4) is 0 Å². The third-order valence-corrected chi connectivity index (χ3v) is 3.09. The molecule has 5 heteroatoms. The Labute approximate surface area is 135 Å². The molecule has 0 aromatic heterocycles. The summed E-state index contributed by atoms with van der Waals surface area (Å²) >= 11 is 0. The molecule has 2 aromatic rings. The van der Waals surface area contributed by atoms with Gasteiger partial charge in [0.15, 0.2) is 0 Å². The van der Waals surface area contributed by atoms with Gasteiger partial charge in [-0.25, -0.2) is 0 Å². The Morgan fingerprint density at radius 3 is 2.17 bits per heavy atom. The highest BCUT2D eigenvalue weighted by Crippen LogP contribution is 2.26. The standard InChI is InChI=1S/C18H19NO4/c1-4-9-23-15-7-5-13(6-8-15)18(20)19-14-10-16(21-2)12-17(11-14)22-3/h4-8,10-12H,1,9H2,2-3H3,(H,19,20). The van der Waals surface area contributed by atoms with E-state index in [0.29, 0.717) is 35.1 Å². The zero-order valence-electron chi connectivity index (χ0n) is 13.2. The van der Waals surface area contributed by atoms with Crippen LogP contribution in [0.1, 0.15) is 10.4 Å². The molecule has 120 valence electrons. The van der Waals surface area contributed by atoms with Crippen LogP contribution in [0.15, 0.2) is 55.1 Å². The summed E-state index contributed by atoms with van der Waals surface area (Å²) in [5.74, 6) is 1.67. The smallest absolute Gasteiger partial charge is 0.255 e. The molecule has 0 aliphatic rings. The Balaban J connectivity index is 2.10. The highest BCUT2D eigenvalue weighted by atomic mass is 16.5. The van der Waals surface area contributed by atoms with Gasteiger partial charge in [0.25, 0.3) is 5.91 Å². The summed E-state index contributed by atoms with van der Waals surface area (Å²) < 4.78 is 15.7. The number of methoxy groups -OCH3 is 2. The molecule has 0 heterocycles. The second kappa shape index (κ2) is 7.89. The van der Waals surface area contributed by atoms with Crippen LogP contribution in [0, 0.1) is 0 Å². The van der Waals surface area contributed by atoms with Crippen molar-refractivity contribution in [3.8, 4) is 17.2 Å². The molecule has 0 fully saturated rings. The maximum absolute atomic E-state index is 12.3.